The Morgan fingerprint density at radius 1 is 1.13 bits per heavy atom. The molecule has 0 spiro atoms. The van der Waals surface area contributed by atoms with Crippen LogP contribution < -0.4 is 10.6 Å². The average molecular weight is 441 g/mol. The Kier molecular flexibility index (Phi) is 8.81. The number of hydrogen-bond donors (Lipinski definition) is 2. The molecule has 168 valence electrons. The molecule has 2 aromatic rings. The first-order valence-electron chi connectivity index (χ1n) is 11.0. The van der Waals surface area contributed by atoms with Crippen LogP contribution in [0.15, 0.2) is 64.5 Å². The molecular weight excluding hydrogens is 404 g/mol. The highest BCUT2D eigenvalue weighted by molar-refractivity contribution is 7.98. The molecule has 0 amide bonds. The van der Waals surface area contributed by atoms with Gasteiger partial charge in [-0.3, -0.25) is 4.99 Å². The third-order valence-corrected chi connectivity index (χ3v) is 6.75. The SMILES string of the molecule is CN=C(NCC1(NC(C)c2ccccc2)CCOCC1)N(C)Cc1ccc(SC)cc1. The molecule has 0 radical (unpaired) electrons. The van der Waals surface area contributed by atoms with E-state index in [-0.39, 0.29) is 11.6 Å². The van der Waals surface area contributed by atoms with Gasteiger partial charge < -0.3 is 20.3 Å². The first-order valence-corrected chi connectivity index (χ1v) is 12.2. The number of thioether (sulfide) groups is 1. The maximum atomic E-state index is 5.68. The second kappa shape index (κ2) is 11.6. The van der Waals surface area contributed by atoms with Gasteiger partial charge in [0.1, 0.15) is 0 Å². The highest BCUT2D eigenvalue weighted by Gasteiger charge is 2.34. The van der Waals surface area contributed by atoms with E-state index < -0.39 is 0 Å². The summed E-state index contributed by atoms with van der Waals surface area (Å²) >= 11 is 1.77. The van der Waals surface area contributed by atoms with E-state index in [0.29, 0.717) is 0 Å². The number of ether oxygens (including phenoxy) is 1. The normalized spacial score (nSPS) is 17.2. The molecule has 1 aliphatic rings. The van der Waals surface area contributed by atoms with Gasteiger partial charge in [0.05, 0.1) is 0 Å². The van der Waals surface area contributed by atoms with Gasteiger partial charge in [-0.05, 0) is 49.3 Å². The van der Waals surface area contributed by atoms with Gasteiger partial charge in [0, 0.05) is 56.9 Å². The summed E-state index contributed by atoms with van der Waals surface area (Å²) in [7, 11) is 3.95. The number of benzene rings is 2. The van der Waals surface area contributed by atoms with E-state index in [1.54, 1.807) is 11.8 Å². The lowest BCUT2D eigenvalue weighted by atomic mass is 9.88. The summed E-state index contributed by atoms with van der Waals surface area (Å²) in [6, 6.07) is 19.7. The van der Waals surface area contributed by atoms with E-state index in [2.05, 4.69) is 95.4 Å². The minimum Gasteiger partial charge on any atom is -0.381 e. The van der Waals surface area contributed by atoms with Gasteiger partial charge in [-0.2, -0.15) is 0 Å². The molecule has 31 heavy (non-hydrogen) atoms. The van der Waals surface area contributed by atoms with E-state index in [4.69, 9.17) is 4.74 Å². The predicted octanol–water partition coefficient (Wildman–Crippen LogP) is 4.32. The fourth-order valence-corrected chi connectivity index (χ4v) is 4.54. The van der Waals surface area contributed by atoms with Crippen LogP contribution in [-0.4, -0.2) is 56.5 Å². The van der Waals surface area contributed by atoms with Crippen molar-refractivity contribution in [3.05, 3.63) is 65.7 Å². The second-order valence-electron chi connectivity index (χ2n) is 8.27. The summed E-state index contributed by atoms with van der Waals surface area (Å²) in [5.74, 6) is 0.911. The summed E-state index contributed by atoms with van der Waals surface area (Å²) in [6.07, 6.45) is 4.06. The standard InChI is InChI=1S/C25H36N4OS/c1-20(22-8-6-5-7-9-22)28-25(14-16-30-17-15-25)19-27-24(26-2)29(3)18-21-10-12-23(31-4)13-11-21/h5-13,20,28H,14-19H2,1-4H3,(H,26,27). The molecule has 2 N–H and O–H groups in total. The van der Waals surface area contributed by atoms with Crippen molar-refractivity contribution in [3.8, 4) is 0 Å². The smallest absolute Gasteiger partial charge is 0.193 e. The number of rotatable bonds is 8. The molecule has 6 heteroatoms. The molecule has 1 fully saturated rings. The average Bonchev–Trinajstić information content (AvgIpc) is 2.81. The van der Waals surface area contributed by atoms with E-state index in [9.17, 15) is 0 Å². The summed E-state index contributed by atoms with van der Waals surface area (Å²) in [5.41, 5.74) is 2.56. The molecule has 3 rings (SSSR count). The van der Waals surface area contributed by atoms with Gasteiger partial charge in [0.25, 0.3) is 0 Å². The van der Waals surface area contributed by atoms with Crippen molar-refractivity contribution in [2.75, 3.05) is 40.1 Å². The molecule has 1 atom stereocenters. The van der Waals surface area contributed by atoms with Crippen LogP contribution in [0.4, 0.5) is 0 Å². The molecular formula is C25H36N4OS. The number of nitrogens with zero attached hydrogens (tertiary/aromatic N) is 2. The van der Waals surface area contributed by atoms with Crippen LogP contribution in [0.5, 0.6) is 0 Å². The largest absolute Gasteiger partial charge is 0.381 e. The van der Waals surface area contributed by atoms with Crippen LogP contribution in [0, 0.1) is 0 Å². The molecule has 1 aliphatic heterocycles. The Morgan fingerprint density at radius 2 is 1.81 bits per heavy atom. The summed E-state index contributed by atoms with van der Waals surface area (Å²) in [6.45, 7) is 5.44. The topological polar surface area (TPSA) is 48.9 Å². The first-order chi connectivity index (χ1) is 15.0. The number of hydrogen-bond acceptors (Lipinski definition) is 4. The summed E-state index contributed by atoms with van der Waals surface area (Å²) in [4.78, 5) is 8.01. The summed E-state index contributed by atoms with van der Waals surface area (Å²) < 4.78 is 5.68. The molecule has 0 bridgehead atoms. The molecule has 1 heterocycles. The van der Waals surface area contributed by atoms with Gasteiger partial charge in [0.15, 0.2) is 5.96 Å². The third-order valence-electron chi connectivity index (χ3n) is 6.01. The van der Waals surface area contributed by atoms with Crippen molar-refractivity contribution in [2.24, 2.45) is 4.99 Å². The van der Waals surface area contributed by atoms with Crippen LogP contribution in [0.2, 0.25) is 0 Å². The molecule has 5 nitrogen and oxygen atoms in total. The Balaban J connectivity index is 1.63. The van der Waals surface area contributed by atoms with Crippen molar-refractivity contribution >= 4 is 17.7 Å². The molecule has 0 aliphatic carbocycles. The minimum atomic E-state index is -0.0235. The Hall–Kier alpha value is -2.02. The molecule has 0 saturated carbocycles. The lowest BCUT2D eigenvalue weighted by Gasteiger charge is -2.41. The zero-order valence-corrected chi connectivity index (χ0v) is 20.0. The zero-order valence-electron chi connectivity index (χ0n) is 19.2. The van der Waals surface area contributed by atoms with Crippen molar-refractivity contribution in [1.29, 1.82) is 0 Å². The molecule has 2 aromatic carbocycles. The second-order valence-corrected chi connectivity index (χ2v) is 9.15. The maximum Gasteiger partial charge on any atom is 0.193 e. The minimum absolute atomic E-state index is 0.0235. The van der Waals surface area contributed by atoms with E-state index in [0.717, 1.165) is 45.1 Å². The molecule has 1 saturated heterocycles. The van der Waals surface area contributed by atoms with Gasteiger partial charge in [-0.15, -0.1) is 11.8 Å². The van der Waals surface area contributed by atoms with Gasteiger partial charge in [-0.25, -0.2) is 0 Å². The first kappa shape index (κ1) is 23.6. The zero-order chi connectivity index (χ0) is 22.1. The van der Waals surface area contributed by atoms with E-state index in [1.165, 1.54) is 16.0 Å². The van der Waals surface area contributed by atoms with Crippen molar-refractivity contribution in [2.45, 2.75) is 42.8 Å². The van der Waals surface area contributed by atoms with E-state index >= 15 is 0 Å². The van der Waals surface area contributed by atoms with Gasteiger partial charge in [-0.1, -0.05) is 42.5 Å². The third kappa shape index (κ3) is 6.73. The van der Waals surface area contributed by atoms with Gasteiger partial charge in [0.2, 0.25) is 0 Å². The van der Waals surface area contributed by atoms with Crippen molar-refractivity contribution in [1.82, 2.24) is 15.5 Å². The van der Waals surface area contributed by atoms with Crippen molar-refractivity contribution < 1.29 is 4.74 Å². The van der Waals surface area contributed by atoms with Crippen LogP contribution in [-0.2, 0) is 11.3 Å². The van der Waals surface area contributed by atoms with Crippen LogP contribution in [0.1, 0.15) is 36.9 Å². The number of aliphatic imine (C=N–C) groups is 1. The van der Waals surface area contributed by atoms with Crippen LogP contribution in [0.3, 0.4) is 0 Å². The van der Waals surface area contributed by atoms with E-state index in [1.807, 2.05) is 7.05 Å². The fraction of sp³-hybridized carbons (Fsp3) is 0.480. The monoisotopic (exact) mass is 440 g/mol. The Bertz CT molecular complexity index is 819. The predicted molar refractivity (Wildman–Crippen MR) is 132 cm³/mol. The highest BCUT2D eigenvalue weighted by atomic mass is 32.2. The van der Waals surface area contributed by atoms with Crippen LogP contribution >= 0.6 is 11.8 Å². The fourth-order valence-electron chi connectivity index (χ4n) is 4.13. The maximum absolute atomic E-state index is 5.68. The lowest BCUT2D eigenvalue weighted by Crippen LogP contribution is -2.58. The summed E-state index contributed by atoms with van der Waals surface area (Å²) in [5, 5.41) is 7.54. The Morgan fingerprint density at radius 3 is 2.42 bits per heavy atom. The number of nitrogens with one attached hydrogen (secondary N) is 2. The molecule has 0 aromatic heterocycles. The number of guanidine groups is 1. The quantitative estimate of drug-likeness (QED) is 0.364. The van der Waals surface area contributed by atoms with Crippen LogP contribution in [0.25, 0.3) is 0 Å². The van der Waals surface area contributed by atoms with Gasteiger partial charge >= 0.3 is 0 Å². The lowest BCUT2D eigenvalue weighted by molar-refractivity contribution is 0.0353. The highest BCUT2D eigenvalue weighted by Crippen LogP contribution is 2.25. The van der Waals surface area contributed by atoms with Crippen molar-refractivity contribution in [3.63, 3.8) is 0 Å². The molecule has 1 unspecified atom stereocenters. The Labute approximate surface area is 191 Å².